The first kappa shape index (κ1) is 15.5. The van der Waals surface area contributed by atoms with Crippen LogP contribution in [0.2, 0.25) is 0 Å². The van der Waals surface area contributed by atoms with E-state index in [1.54, 1.807) is 7.11 Å². The van der Waals surface area contributed by atoms with Crippen LogP contribution in [-0.2, 0) is 13.0 Å². The molecule has 0 saturated carbocycles. The summed E-state index contributed by atoms with van der Waals surface area (Å²) in [7, 11) is 1.71. The third-order valence-corrected chi connectivity index (χ3v) is 3.79. The fraction of sp³-hybridized carbons (Fsp3) is 0.368. The molecule has 0 saturated heterocycles. The van der Waals surface area contributed by atoms with Crippen molar-refractivity contribution in [1.82, 2.24) is 14.5 Å². The molecule has 2 aromatic heterocycles. The Hall–Kier alpha value is -2.36. The number of fused-ring (bicyclic) bond motifs is 1. The maximum Gasteiger partial charge on any atom is 0.160 e. The van der Waals surface area contributed by atoms with Gasteiger partial charge in [0, 0.05) is 18.2 Å². The molecule has 4 heteroatoms. The predicted molar refractivity (Wildman–Crippen MR) is 92.8 cm³/mol. The van der Waals surface area contributed by atoms with E-state index in [1.807, 2.05) is 36.5 Å². The first-order valence-corrected chi connectivity index (χ1v) is 7.90. The van der Waals surface area contributed by atoms with Gasteiger partial charge >= 0.3 is 0 Å². The SMILES string of the molecule is COc1ccccc1Cn1c(CC(C)(C)C)nc2cccnc21. The number of methoxy groups -OCH3 is 1. The Balaban J connectivity index is 2.09. The van der Waals surface area contributed by atoms with Gasteiger partial charge in [-0.25, -0.2) is 9.97 Å². The van der Waals surface area contributed by atoms with E-state index in [9.17, 15) is 0 Å². The van der Waals surface area contributed by atoms with Crippen molar-refractivity contribution in [2.45, 2.75) is 33.7 Å². The fourth-order valence-corrected chi connectivity index (χ4v) is 2.78. The van der Waals surface area contributed by atoms with Gasteiger partial charge in [0.15, 0.2) is 5.65 Å². The first-order chi connectivity index (χ1) is 11.0. The molecule has 0 N–H and O–H groups in total. The third-order valence-electron chi connectivity index (χ3n) is 3.79. The Labute approximate surface area is 137 Å². The maximum absolute atomic E-state index is 5.49. The van der Waals surface area contributed by atoms with Crippen LogP contribution < -0.4 is 4.74 Å². The van der Waals surface area contributed by atoms with E-state index in [1.165, 1.54) is 0 Å². The van der Waals surface area contributed by atoms with Crippen LogP contribution in [0.4, 0.5) is 0 Å². The van der Waals surface area contributed by atoms with Crippen molar-refractivity contribution in [2.75, 3.05) is 7.11 Å². The standard InChI is InChI=1S/C19H23N3O/c1-19(2,3)12-17-21-15-9-7-11-20-18(15)22(17)13-14-8-5-6-10-16(14)23-4/h5-11H,12-13H2,1-4H3. The lowest BCUT2D eigenvalue weighted by Gasteiger charge is -2.19. The van der Waals surface area contributed by atoms with Gasteiger partial charge in [-0.2, -0.15) is 0 Å². The van der Waals surface area contributed by atoms with Crippen LogP contribution in [0.3, 0.4) is 0 Å². The number of ether oxygens (including phenoxy) is 1. The molecule has 4 nitrogen and oxygen atoms in total. The van der Waals surface area contributed by atoms with Gasteiger partial charge in [-0.15, -0.1) is 0 Å². The zero-order chi connectivity index (χ0) is 16.4. The zero-order valence-corrected chi connectivity index (χ0v) is 14.2. The lowest BCUT2D eigenvalue weighted by atomic mass is 9.92. The molecule has 0 atom stereocenters. The van der Waals surface area contributed by atoms with Gasteiger partial charge in [-0.05, 0) is 23.6 Å². The highest BCUT2D eigenvalue weighted by Crippen LogP contribution is 2.26. The van der Waals surface area contributed by atoms with Gasteiger partial charge < -0.3 is 9.30 Å². The zero-order valence-electron chi connectivity index (χ0n) is 14.2. The molecule has 0 aliphatic heterocycles. The molecule has 0 aliphatic rings. The Morgan fingerprint density at radius 2 is 1.87 bits per heavy atom. The van der Waals surface area contributed by atoms with Crippen molar-refractivity contribution in [3.05, 3.63) is 54.0 Å². The summed E-state index contributed by atoms with van der Waals surface area (Å²) in [5.41, 5.74) is 3.18. The largest absolute Gasteiger partial charge is 0.496 e. The van der Waals surface area contributed by atoms with Gasteiger partial charge in [0.25, 0.3) is 0 Å². The molecule has 0 bridgehead atoms. The Kier molecular flexibility index (Phi) is 4.07. The molecular formula is C19H23N3O. The van der Waals surface area contributed by atoms with Crippen molar-refractivity contribution >= 4 is 11.2 Å². The molecule has 120 valence electrons. The highest BCUT2D eigenvalue weighted by molar-refractivity contribution is 5.71. The molecule has 0 radical (unpaired) electrons. The van der Waals surface area contributed by atoms with Gasteiger partial charge in [0.05, 0.1) is 13.7 Å². The molecule has 0 amide bonds. The van der Waals surface area contributed by atoms with Crippen molar-refractivity contribution in [2.24, 2.45) is 5.41 Å². The number of para-hydroxylation sites is 1. The van der Waals surface area contributed by atoms with E-state index in [2.05, 4.69) is 36.4 Å². The summed E-state index contributed by atoms with van der Waals surface area (Å²) in [6.45, 7) is 7.40. The number of imidazole rings is 1. The minimum atomic E-state index is 0.167. The van der Waals surface area contributed by atoms with E-state index in [-0.39, 0.29) is 5.41 Å². The summed E-state index contributed by atoms with van der Waals surface area (Å²) >= 11 is 0. The van der Waals surface area contributed by atoms with Crippen LogP contribution in [0.1, 0.15) is 32.2 Å². The second-order valence-corrected chi connectivity index (χ2v) is 7.01. The molecule has 0 aliphatic carbocycles. The molecule has 0 fully saturated rings. The van der Waals surface area contributed by atoms with E-state index in [0.717, 1.165) is 34.7 Å². The molecular weight excluding hydrogens is 286 g/mol. The van der Waals surface area contributed by atoms with Crippen LogP contribution in [0.25, 0.3) is 11.2 Å². The Bertz CT molecular complexity index is 815. The number of nitrogens with zero attached hydrogens (tertiary/aromatic N) is 3. The summed E-state index contributed by atoms with van der Waals surface area (Å²) in [5, 5.41) is 0. The molecule has 3 aromatic rings. The highest BCUT2D eigenvalue weighted by atomic mass is 16.5. The quantitative estimate of drug-likeness (QED) is 0.729. The fourth-order valence-electron chi connectivity index (χ4n) is 2.78. The minimum absolute atomic E-state index is 0.167. The monoisotopic (exact) mass is 309 g/mol. The van der Waals surface area contributed by atoms with E-state index in [4.69, 9.17) is 9.72 Å². The molecule has 1 aromatic carbocycles. The lowest BCUT2D eigenvalue weighted by molar-refractivity contribution is 0.391. The van der Waals surface area contributed by atoms with Gasteiger partial charge in [0.1, 0.15) is 17.1 Å². The topological polar surface area (TPSA) is 39.9 Å². The number of aromatic nitrogens is 3. The molecule has 2 heterocycles. The summed E-state index contributed by atoms with van der Waals surface area (Å²) in [6, 6.07) is 12.1. The Morgan fingerprint density at radius 3 is 2.61 bits per heavy atom. The molecule has 0 spiro atoms. The molecule has 0 unspecified atom stereocenters. The van der Waals surface area contributed by atoms with Crippen molar-refractivity contribution in [1.29, 1.82) is 0 Å². The smallest absolute Gasteiger partial charge is 0.160 e. The van der Waals surface area contributed by atoms with Crippen LogP contribution in [0.15, 0.2) is 42.6 Å². The number of benzene rings is 1. The lowest BCUT2D eigenvalue weighted by Crippen LogP contribution is -2.15. The van der Waals surface area contributed by atoms with Gasteiger partial charge in [0.2, 0.25) is 0 Å². The highest BCUT2D eigenvalue weighted by Gasteiger charge is 2.19. The summed E-state index contributed by atoms with van der Waals surface area (Å²) in [4.78, 5) is 9.35. The normalized spacial score (nSPS) is 11.8. The predicted octanol–water partition coefficient (Wildman–Crippen LogP) is 4.08. The number of pyridine rings is 1. The summed E-state index contributed by atoms with van der Waals surface area (Å²) in [5.74, 6) is 1.96. The summed E-state index contributed by atoms with van der Waals surface area (Å²) < 4.78 is 7.70. The van der Waals surface area contributed by atoms with Gasteiger partial charge in [-0.3, -0.25) is 0 Å². The van der Waals surface area contributed by atoms with Gasteiger partial charge in [-0.1, -0.05) is 39.0 Å². The van der Waals surface area contributed by atoms with Crippen LogP contribution in [-0.4, -0.2) is 21.6 Å². The second kappa shape index (κ2) is 6.03. The molecule has 23 heavy (non-hydrogen) atoms. The van der Waals surface area contributed by atoms with Crippen molar-refractivity contribution in [3.8, 4) is 5.75 Å². The Morgan fingerprint density at radius 1 is 1.09 bits per heavy atom. The van der Waals surface area contributed by atoms with E-state index >= 15 is 0 Å². The maximum atomic E-state index is 5.49. The number of rotatable bonds is 4. The van der Waals surface area contributed by atoms with Crippen LogP contribution in [0, 0.1) is 5.41 Å². The minimum Gasteiger partial charge on any atom is -0.496 e. The van der Waals surface area contributed by atoms with Crippen molar-refractivity contribution < 1.29 is 4.74 Å². The summed E-state index contributed by atoms with van der Waals surface area (Å²) in [6.07, 6.45) is 2.72. The number of hydrogen-bond donors (Lipinski definition) is 0. The molecule has 3 rings (SSSR count). The third kappa shape index (κ3) is 3.36. The second-order valence-electron chi connectivity index (χ2n) is 7.01. The van der Waals surface area contributed by atoms with Crippen molar-refractivity contribution in [3.63, 3.8) is 0 Å². The van der Waals surface area contributed by atoms with E-state index < -0.39 is 0 Å². The average molecular weight is 309 g/mol. The average Bonchev–Trinajstić information content (AvgIpc) is 2.83. The van der Waals surface area contributed by atoms with Crippen LogP contribution >= 0.6 is 0 Å². The number of hydrogen-bond acceptors (Lipinski definition) is 3. The first-order valence-electron chi connectivity index (χ1n) is 7.90. The van der Waals surface area contributed by atoms with Crippen LogP contribution in [0.5, 0.6) is 5.75 Å². The van der Waals surface area contributed by atoms with E-state index in [0.29, 0.717) is 6.54 Å².